The van der Waals surface area contributed by atoms with Gasteiger partial charge in [-0.3, -0.25) is 4.79 Å². The van der Waals surface area contributed by atoms with Gasteiger partial charge in [0.25, 0.3) is 0 Å². The van der Waals surface area contributed by atoms with Gasteiger partial charge >= 0.3 is 0 Å². The number of carbonyl (C=O) groups is 1. The molecular weight excluding hydrogens is 292 g/mol. The minimum atomic E-state index is -0.158. The van der Waals surface area contributed by atoms with Gasteiger partial charge in [-0.1, -0.05) is 60.7 Å². The highest BCUT2D eigenvalue weighted by Gasteiger charge is 2.24. The molecule has 0 saturated heterocycles. The molecule has 0 bridgehead atoms. The third kappa shape index (κ3) is 2.39. The van der Waals surface area contributed by atoms with Crippen molar-refractivity contribution in [1.29, 1.82) is 5.26 Å². The number of anilines is 1. The minimum absolute atomic E-state index is 0.158. The van der Waals surface area contributed by atoms with Crippen molar-refractivity contribution in [3.8, 4) is 17.2 Å². The first-order chi connectivity index (χ1) is 10.7. The summed E-state index contributed by atoms with van der Waals surface area (Å²) in [5.41, 5.74) is 8.47. The predicted octanol–water partition coefficient (Wildman–Crippen LogP) is 4.10. The summed E-state index contributed by atoms with van der Waals surface area (Å²) in [7, 11) is 0. The molecule has 2 N–H and O–H groups in total. The smallest absolute Gasteiger partial charge is 0.196 e. The van der Waals surface area contributed by atoms with Crippen LogP contribution in [0.15, 0.2) is 60.7 Å². The van der Waals surface area contributed by atoms with Crippen LogP contribution in [-0.2, 0) is 0 Å². The highest BCUT2D eigenvalue weighted by atomic mass is 32.1. The Labute approximate surface area is 132 Å². The third-order valence-corrected chi connectivity index (χ3v) is 4.29. The lowest BCUT2D eigenvalue weighted by Crippen LogP contribution is -2.04. The Kier molecular flexibility index (Phi) is 3.73. The van der Waals surface area contributed by atoms with Gasteiger partial charge in [0.2, 0.25) is 0 Å². The molecular formula is C18H12N2OS. The van der Waals surface area contributed by atoms with E-state index in [9.17, 15) is 10.1 Å². The Balaban J connectivity index is 2.23. The predicted molar refractivity (Wildman–Crippen MR) is 88.8 cm³/mol. The number of carbonyl (C=O) groups excluding carboxylic acids is 1. The van der Waals surface area contributed by atoms with Crippen molar-refractivity contribution in [2.75, 3.05) is 5.73 Å². The van der Waals surface area contributed by atoms with Gasteiger partial charge in [-0.2, -0.15) is 5.26 Å². The molecule has 2 aromatic carbocycles. The fourth-order valence-electron chi connectivity index (χ4n) is 2.37. The first-order valence-corrected chi connectivity index (χ1v) is 7.51. The molecule has 22 heavy (non-hydrogen) atoms. The van der Waals surface area contributed by atoms with Gasteiger partial charge in [-0.05, 0) is 5.56 Å². The SMILES string of the molecule is N#Cc1sc(N)c(C(=O)c2ccccc2)c1-c1ccccc1. The number of benzene rings is 2. The summed E-state index contributed by atoms with van der Waals surface area (Å²) in [6.07, 6.45) is 0. The lowest BCUT2D eigenvalue weighted by molar-refractivity contribution is 0.104. The molecule has 1 aromatic heterocycles. The van der Waals surface area contributed by atoms with Crippen LogP contribution in [0.4, 0.5) is 5.00 Å². The monoisotopic (exact) mass is 304 g/mol. The molecule has 0 radical (unpaired) electrons. The molecule has 0 unspecified atom stereocenters. The molecule has 0 aliphatic rings. The van der Waals surface area contributed by atoms with Crippen molar-refractivity contribution in [3.63, 3.8) is 0 Å². The van der Waals surface area contributed by atoms with Crippen LogP contribution >= 0.6 is 11.3 Å². The molecule has 0 aliphatic carbocycles. The summed E-state index contributed by atoms with van der Waals surface area (Å²) < 4.78 is 0. The van der Waals surface area contributed by atoms with Gasteiger partial charge in [0, 0.05) is 11.1 Å². The van der Waals surface area contributed by atoms with E-state index in [4.69, 9.17) is 5.73 Å². The van der Waals surface area contributed by atoms with E-state index in [-0.39, 0.29) is 5.78 Å². The number of nitriles is 1. The fraction of sp³-hybridized carbons (Fsp3) is 0. The molecule has 1 heterocycles. The number of nitrogens with two attached hydrogens (primary N) is 1. The highest BCUT2D eigenvalue weighted by molar-refractivity contribution is 7.17. The Hall–Kier alpha value is -2.90. The number of hydrogen-bond acceptors (Lipinski definition) is 4. The molecule has 3 rings (SSSR count). The molecule has 3 nitrogen and oxygen atoms in total. The summed E-state index contributed by atoms with van der Waals surface area (Å²) >= 11 is 1.15. The van der Waals surface area contributed by atoms with E-state index in [1.165, 1.54) is 0 Å². The normalized spacial score (nSPS) is 10.1. The van der Waals surface area contributed by atoms with E-state index < -0.39 is 0 Å². The second-order valence-corrected chi connectivity index (χ2v) is 5.77. The molecule has 4 heteroatoms. The van der Waals surface area contributed by atoms with Crippen LogP contribution in [0.2, 0.25) is 0 Å². The zero-order valence-electron chi connectivity index (χ0n) is 11.6. The largest absolute Gasteiger partial charge is 0.390 e. The van der Waals surface area contributed by atoms with Crippen LogP contribution in [0.25, 0.3) is 11.1 Å². The van der Waals surface area contributed by atoms with Gasteiger partial charge in [0.15, 0.2) is 5.78 Å². The van der Waals surface area contributed by atoms with Crippen molar-refractivity contribution < 1.29 is 4.79 Å². The van der Waals surface area contributed by atoms with Crippen LogP contribution in [-0.4, -0.2) is 5.78 Å². The maximum absolute atomic E-state index is 12.8. The van der Waals surface area contributed by atoms with Crippen molar-refractivity contribution in [3.05, 3.63) is 76.7 Å². The molecule has 0 atom stereocenters. The van der Waals surface area contributed by atoms with Crippen molar-refractivity contribution in [1.82, 2.24) is 0 Å². The molecule has 3 aromatic rings. The average molecular weight is 304 g/mol. The van der Waals surface area contributed by atoms with E-state index >= 15 is 0 Å². The quantitative estimate of drug-likeness (QED) is 0.741. The number of hydrogen-bond donors (Lipinski definition) is 1. The van der Waals surface area contributed by atoms with Crippen LogP contribution in [0.1, 0.15) is 20.8 Å². The summed E-state index contributed by atoms with van der Waals surface area (Å²) in [5, 5.41) is 9.74. The molecule has 0 aliphatic heterocycles. The molecule has 0 saturated carbocycles. The summed E-state index contributed by atoms with van der Waals surface area (Å²) in [5.74, 6) is -0.158. The fourth-order valence-corrected chi connectivity index (χ4v) is 3.25. The molecule has 0 amide bonds. The zero-order chi connectivity index (χ0) is 15.5. The van der Waals surface area contributed by atoms with Gasteiger partial charge in [-0.15, -0.1) is 11.3 Å². The Bertz CT molecular complexity index is 861. The summed E-state index contributed by atoms with van der Waals surface area (Å²) in [4.78, 5) is 13.3. The standard InChI is InChI=1S/C18H12N2OS/c19-11-14-15(12-7-3-1-4-8-12)16(18(20)22-14)17(21)13-9-5-2-6-10-13/h1-10H,20H2. The van der Waals surface area contributed by atoms with Gasteiger partial charge < -0.3 is 5.73 Å². The number of ketones is 1. The third-order valence-electron chi connectivity index (χ3n) is 3.36. The maximum Gasteiger partial charge on any atom is 0.196 e. The van der Waals surface area contributed by atoms with Crippen molar-refractivity contribution in [2.45, 2.75) is 0 Å². The topological polar surface area (TPSA) is 66.9 Å². The van der Waals surface area contributed by atoms with Crippen LogP contribution < -0.4 is 5.73 Å². The van der Waals surface area contributed by atoms with E-state index in [1.807, 2.05) is 48.5 Å². The van der Waals surface area contributed by atoms with E-state index in [0.29, 0.717) is 26.6 Å². The van der Waals surface area contributed by atoms with Gasteiger partial charge in [0.05, 0.1) is 10.6 Å². The zero-order valence-corrected chi connectivity index (χ0v) is 12.4. The average Bonchev–Trinajstić information content (AvgIpc) is 2.92. The Morgan fingerprint density at radius 2 is 1.59 bits per heavy atom. The molecule has 0 spiro atoms. The van der Waals surface area contributed by atoms with Crippen LogP contribution in [0, 0.1) is 11.3 Å². The Morgan fingerprint density at radius 3 is 2.18 bits per heavy atom. The van der Waals surface area contributed by atoms with Crippen LogP contribution in [0.3, 0.4) is 0 Å². The number of rotatable bonds is 3. The highest BCUT2D eigenvalue weighted by Crippen LogP contribution is 2.39. The second-order valence-electron chi connectivity index (χ2n) is 4.72. The molecule has 0 fully saturated rings. The summed E-state index contributed by atoms with van der Waals surface area (Å²) in [6.45, 7) is 0. The minimum Gasteiger partial charge on any atom is -0.390 e. The first-order valence-electron chi connectivity index (χ1n) is 6.70. The lowest BCUT2D eigenvalue weighted by Gasteiger charge is -2.06. The van der Waals surface area contributed by atoms with Gasteiger partial charge in [0.1, 0.15) is 10.9 Å². The number of thiophene rings is 1. The Morgan fingerprint density at radius 1 is 1.00 bits per heavy atom. The van der Waals surface area contributed by atoms with Gasteiger partial charge in [-0.25, -0.2) is 0 Å². The van der Waals surface area contributed by atoms with E-state index in [1.54, 1.807) is 12.1 Å². The summed E-state index contributed by atoms with van der Waals surface area (Å²) in [6, 6.07) is 20.5. The van der Waals surface area contributed by atoms with Crippen molar-refractivity contribution in [2.24, 2.45) is 0 Å². The maximum atomic E-state index is 12.8. The van der Waals surface area contributed by atoms with Crippen molar-refractivity contribution >= 4 is 22.1 Å². The van der Waals surface area contributed by atoms with E-state index in [0.717, 1.165) is 16.9 Å². The van der Waals surface area contributed by atoms with Crippen LogP contribution in [0.5, 0.6) is 0 Å². The number of nitrogens with zero attached hydrogens (tertiary/aromatic N) is 1. The second kappa shape index (κ2) is 5.84. The number of nitrogen functional groups attached to an aromatic ring is 1. The lowest BCUT2D eigenvalue weighted by atomic mass is 9.95. The first kappa shape index (κ1) is 14.1. The molecule has 106 valence electrons. The van der Waals surface area contributed by atoms with E-state index in [2.05, 4.69) is 6.07 Å².